The topological polar surface area (TPSA) is 67.9 Å². The van der Waals surface area contributed by atoms with Crippen molar-refractivity contribution in [2.75, 3.05) is 13.2 Å². The molecule has 0 aromatic heterocycles. The summed E-state index contributed by atoms with van der Waals surface area (Å²) < 4.78 is 11.4. The molecule has 1 aliphatic heterocycles. The van der Waals surface area contributed by atoms with Crippen LogP contribution in [-0.4, -0.2) is 34.4 Å². The molecule has 9 heteroatoms. The molecule has 2 aromatic rings. The van der Waals surface area contributed by atoms with E-state index in [-0.39, 0.29) is 4.32 Å². The Morgan fingerprint density at radius 3 is 2.47 bits per heavy atom. The van der Waals surface area contributed by atoms with E-state index >= 15 is 0 Å². The van der Waals surface area contributed by atoms with Gasteiger partial charge < -0.3 is 9.47 Å². The summed E-state index contributed by atoms with van der Waals surface area (Å²) in [6, 6.07) is 11.8. The predicted molar refractivity (Wildman–Crippen MR) is 123 cm³/mol. The standard InChI is InChI=1S/C21H19ClN2O4S2/c1-3-27-16-10-5-13(11-17(16)28-4-2)12-18-20(26)24(21(29)30-18)23-19(25)14-6-8-15(22)9-7-14/h5-12H,3-4H2,1-2H3,(H,23,25)/b18-12-. The molecule has 0 spiro atoms. The van der Waals surface area contributed by atoms with Crippen molar-refractivity contribution < 1.29 is 19.1 Å². The second kappa shape index (κ2) is 9.97. The maximum Gasteiger partial charge on any atom is 0.285 e. The first-order valence-electron chi connectivity index (χ1n) is 9.17. The van der Waals surface area contributed by atoms with Gasteiger partial charge in [0.05, 0.1) is 18.1 Å². The van der Waals surface area contributed by atoms with Gasteiger partial charge in [-0.2, -0.15) is 5.01 Å². The molecule has 0 aliphatic carbocycles. The van der Waals surface area contributed by atoms with Gasteiger partial charge in [-0.25, -0.2) is 0 Å². The fourth-order valence-electron chi connectivity index (χ4n) is 2.64. The van der Waals surface area contributed by atoms with Crippen LogP contribution >= 0.6 is 35.6 Å². The minimum absolute atomic E-state index is 0.240. The molecule has 2 aromatic carbocycles. The van der Waals surface area contributed by atoms with Crippen molar-refractivity contribution >= 4 is 57.8 Å². The van der Waals surface area contributed by atoms with Crippen molar-refractivity contribution in [1.29, 1.82) is 0 Å². The van der Waals surface area contributed by atoms with E-state index in [9.17, 15) is 9.59 Å². The van der Waals surface area contributed by atoms with E-state index in [1.165, 1.54) is 0 Å². The first kappa shape index (κ1) is 22.1. The van der Waals surface area contributed by atoms with E-state index in [1.807, 2.05) is 19.9 Å². The zero-order chi connectivity index (χ0) is 21.7. The van der Waals surface area contributed by atoms with E-state index < -0.39 is 11.8 Å². The normalized spacial score (nSPS) is 14.9. The number of thioether (sulfide) groups is 1. The third kappa shape index (κ3) is 5.13. The van der Waals surface area contributed by atoms with Crippen LogP contribution in [0.2, 0.25) is 5.02 Å². The fourth-order valence-corrected chi connectivity index (χ4v) is 3.95. The van der Waals surface area contributed by atoms with E-state index in [2.05, 4.69) is 5.43 Å². The van der Waals surface area contributed by atoms with Crippen LogP contribution in [0, 0.1) is 0 Å². The Kier molecular flexibility index (Phi) is 7.36. The van der Waals surface area contributed by atoms with Crippen LogP contribution < -0.4 is 14.9 Å². The third-order valence-corrected chi connectivity index (χ3v) is 5.53. The van der Waals surface area contributed by atoms with Gasteiger partial charge >= 0.3 is 0 Å². The summed E-state index contributed by atoms with van der Waals surface area (Å²) in [5.74, 6) is 0.377. The highest BCUT2D eigenvalue weighted by Crippen LogP contribution is 2.34. The molecule has 3 rings (SSSR count). The maximum atomic E-state index is 12.8. The Morgan fingerprint density at radius 1 is 1.13 bits per heavy atom. The molecular weight excluding hydrogens is 444 g/mol. The average Bonchev–Trinajstić information content (AvgIpc) is 2.98. The van der Waals surface area contributed by atoms with E-state index in [0.29, 0.717) is 40.2 Å². The van der Waals surface area contributed by atoms with Gasteiger partial charge in [0.15, 0.2) is 15.8 Å². The number of rotatable bonds is 7. The van der Waals surface area contributed by atoms with Gasteiger partial charge in [0, 0.05) is 10.6 Å². The minimum Gasteiger partial charge on any atom is -0.490 e. The van der Waals surface area contributed by atoms with Gasteiger partial charge in [-0.05, 0) is 74.1 Å². The highest BCUT2D eigenvalue weighted by molar-refractivity contribution is 8.26. The molecule has 0 saturated carbocycles. The molecule has 1 aliphatic rings. The zero-order valence-corrected chi connectivity index (χ0v) is 18.7. The number of carbonyl (C=O) groups is 2. The van der Waals surface area contributed by atoms with E-state index in [4.69, 9.17) is 33.3 Å². The largest absolute Gasteiger partial charge is 0.490 e. The lowest BCUT2D eigenvalue weighted by Crippen LogP contribution is -2.44. The predicted octanol–water partition coefficient (Wildman–Crippen LogP) is 4.68. The smallest absolute Gasteiger partial charge is 0.285 e. The SMILES string of the molecule is CCOc1ccc(/C=C2\SC(=S)N(NC(=O)c3ccc(Cl)cc3)C2=O)cc1OCC. The highest BCUT2D eigenvalue weighted by atomic mass is 35.5. The van der Waals surface area contributed by atoms with Crippen LogP contribution in [0.25, 0.3) is 6.08 Å². The Morgan fingerprint density at radius 2 is 1.80 bits per heavy atom. The number of ether oxygens (including phenoxy) is 2. The second-order valence-corrected chi connectivity index (χ2v) is 8.15. The summed E-state index contributed by atoms with van der Waals surface area (Å²) in [6.45, 7) is 4.79. The van der Waals surface area contributed by atoms with Gasteiger partial charge in [0.25, 0.3) is 11.8 Å². The molecule has 6 nitrogen and oxygen atoms in total. The van der Waals surface area contributed by atoms with Crippen LogP contribution in [0.5, 0.6) is 11.5 Å². The molecule has 1 fully saturated rings. The summed E-state index contributed by atoms with van der Waals surface area (Å²) in [6.07, 6.45) is 1.70. The molecule has 30 heavy (non-hydrogen) atoms. The monoisotopic (exact) mass is 462 g/mol. The first-order chi connectivity index (χ1) is 14.4. The highest BCUT2D eigenvalue weighted by Gasteiger charge is 2.33. The second-order valence-electron chi connectivity index (χ2n) is 6.04. The van der Waals surface area contributed by atoms with E-state index in [0.717, 1.165) is 22.3 Å². The first-order valence-corrected chi connectivity index (χ1v) is 10.8. The van der Waals surface area contributed by atoms with Gasteiger partial charge in [-0.3, -0.25) is 15.0 Å². The molecule has 0 unspecified atom stereocenters. The van der Waals surface area contributed by atoms with Gasteiger partial charge in [-0.15, -0.1) is 0 Å². The van der Waals surface area contributed by atoms with Crippen molar-refractivity contribution in [2.45, 2.75) is 13.8 Å². The zero-order valence-electron chi connectivity index (χ0n) is 16.3. The molecule has 1 N–H and O–H groups in total. The summed E-state index contributed by atoms with van der Waals surface area (Å²) in [7, 11) is 0. The molecule has 0 atom stereocenters. The number of thiocarbonyl (C=S) groups is 1. The molecule has 1 saturated heterocycles. The van der Waals surface area contributed by atoms with Crippen LogP contribution in [0.4, 0.5) is 0 Å². The Bertz CT molecular complexity index is 1010. The van der Waals surface area contributed by atoms with Crippen LogP contribution in [-0.2, 0) is 4.79 Å². The number of carbonyl (C=O) groups excluding carboxylic acids is 2. The van der Waals surface area contributed by atoms with Crippen molar-refractivity contribution in [3.05, 3.63) is 63.5 Å². The van der Waals surface area contributed by atoms with E-state index in [1.54, 1.807) is 42.5 Å². The number of hydrazine groups is 1. The third-order valence-electron chi connectivity index (χ3n) is 3.98. The summed E-state index contributed by atoms with van der Waals surface area (Å²) in [4.78, 5) is 25.6. The number of benzene rings is 2. The summed E-state index contributed by atoms with van der Waals surface area (Å²) >= 11 is 12.2. The molecule has 1 heterocycles. The number of hydrogen-bond acceptors (Lipinski definition) is 6. The molecule has 0 bridgehead atoms. The van der Waals surface area contributed by atoms with Gasteiger partial charge in [-0.1, -0.05) is 29.4 Å². The van der Waals surface area contributed by atoms with Gasteiger partial charge in [0.1, 0.15) is 0 Å². The number of hydrogen-bond donors (Lipinski definition) is 1. The number of nitrogens with one attached hydrogen (secondary N) is 1. The Hall–Kier alpha value is -2.55. The summed E-state index contributed by atoms with van der Waals surface area (Å²) in [5.41, 5.74) is 3.66. The Balaban J connectivity index is 1.78. The van der Waals surface area contributed by atoms with Crippen LogP contribution in [0.1, 0.15) is 29.8 Å². The van der Waals surface area contributed by atoms with Crippen LogP contribution in [0.15, 0.2) is 47.4 Å². The molecule has 0 radical (unpaired) electrons. The van der Waals surface area contributed by atoms with Gasteiger partial charge in [0.2, 0.25) is 0 Å². The number of nitrogens with zero attached hydrogens (tertiary/aromatic N) is 1. The lowest BCUT2D eigenvalue weighted by Gasteiger charge is -2.15. The minimum atomic E-state index is -0.455. The lowest BCUT2D eigenvalue weighted by molar-refractivity contribution is -0.123. The average molecular weight is 463 g/mol. The van der Waals surface area contributed by atoms with Crippen LogP contribution in [0.3, 0.4) is 0 Å². The van der Waals surface area contributed by atoms with Crippen molar-refractivity contribution in [3.8, 4) is 11.5 Å². The van der Waals surface area contributed by atoms with Crippen molar-refractivity contribution in [2.24, 2.45) is 0 Å². The molecule has 2 amide bonds. The fraction of sp³-hybridized carbons (Fsp3) is 0.190. The number of amides is 2. The quantitative estimate of drug-likeness (QED) is 0.476. The van der Waals surface area contributed by atoms with Crippen molar-refractivity contribution in [3.63, 3.8) is 0 Å². The Labute approximate surface area is 189 Å². The molecule has 156 valence electrons. The lowest BCUT2D eigenvalue weighted by atomic mass is 10.2. The summed E-state index contributed by atoms with van der Waals surface area (Å²) in [5, 5.41) is 1.59. The number of halogens is 1. The van der Waals surface area contributed by atoms with Crippen molar-refractivity contribution in [1.82, 2.24) is 10.4 Å². The molecular formula is C21H19ClN2O4S2. The maximum absolute atomic E-state index is 12.8.